The minimum atomic E-state index is -0.674. The Balaban J connectivity index is 1.66. The van der Waals surface area contributed by atoms with Crippen LogP contribution in [0.4, 0.5) is 17.1 Å². The van der Waals surface area contributed by atoms with Gasteiger partial charge in [-0.25, -0.2) is 9.79 Å². The van der Waals surface area contributed by atoms with E-state index in [9.17, 15) is 14.4 Å². The zero-order chi connectivity index (χ0) is 25.7. The van der Waals surface area contributed by atoms with Gasteiger partial charge in [0.2, 0.25) is 5.91 Å². The summed E-state index contributed by atoms with van der Waals surface area (Å²) in [6.45, 7) is 2.87. The Kier molecular flexibility index (Phi) is 7.68. The van der Waals surface area contributed by atoms with Gasteiger partial charge in [0.25, 0.3) is 5.91 Å². The van der Waals surface area contributed by atoms with Crippen LogP contribution < -0.4 is 20.3 Å². The van der Waals surface area contributed by atoms with E-state index in [1.807, 2.05) is 24.3 Å². The van der Waals surface area contributed by atoms with Gasteiger partial charge in [0, 0.05) is 36.5 Å². The maximum Gasteiger partial charge on any atom is 0.354 e. The molecule has 0 saturated carbocycles. The van der Waals surface area contributed by atoms with E-state index in [0.717, 1.165) is 18.5 Å². The lowest BCUT2D eigenvalue weighted by Crippen LogP contribution is -2.44. The Bertz CT molecular complexity index is 1200. The maximum absolute atomic E-state index is 13.7. The fourth-order valence-electron chi connectivity index (χ4n) is 4.33. The molecule has 2 aromatic rings. The first-order chi connectivity index (χ1) is 17.4. The van der Waals surface area contributed by atoms with E-state index in [0.29, 0.717) is 48.6 Å². The molecule has 2 amide bonds. The van der Waals surface area contributed by atoms with Gasteiger partial charge in [-0.3, -0.25) is 9.59 Å². The van der Waals surface area contributed by atoms with Gasteiger partial charge in [0.05, 0.1) is 19.4 Å². The van der Waals surface area contributed by atoms with Gasteiger partial charge in [-0.1, -0.05) is 0 Å². The standard InChI is InChI=1S/C27H30N4O5/c1-3-36-27(34)24(28)22-15-17-31(26(33)25(22)29-18-7-13-21(35-2)14-8-18)20-11-9-19(10-12-20)30-16-5-4-6-23(30)32/h7-14H,3-6,15-17,28H2,1-2H3. The Hall–Kier alpha value is -4.14. The molecule has 0 bridgehead atoms. The molecule has 2 aromatic carbocycles. The molecular weight excluding hydrogens is 460 g/mol. The van der Waals surface area contributed by atoms with Crippen molar-refractivity contribution in [3.63, 3.8) is 0 Å². The van der Waals surface area contributed by atoms with Crippen molar-refractivity contribution in [1.82, 2.24) is 0 Å². The second-order valence-corrected chi connectivity index (χ2v) is 8.50. The van der Waals surface area contributed by atoms with Crippen LogP contribution in [0.1, 0.15) is 32.6 Å². The minimum absolute atomic E-state index is 0.0901. The van der Waals surface area contributed by atoms with Crippen LogP contribution in [0.15, 0.2) is 64.8 Å². The topological polar surface area (TPSA) is 115 Å². The van der Waals surface area contributed by atoms with Crippen LogP contribution in [0.3, 0.4) is 0 Å². The number of piperidine rings is 2. The summed E-state index contributed by atoms with van der Waals surface area (Å²) in [7, 11) is 1.57. The number of hydrogen-bond donors (Lipinski definition) is 1. The number of ether oxygens (including phenoxy) is 2. The van der Waals surface area contributed by atoms with E-state index in [1.165, 1.54) is 0 Å². The number of nitrogens with zero attached hydrogens (tertiary/aromatic N) is 3. The van der Waals surface area contributed by atoms with E-state index in [1.54, 1.807) is 48.1 Å². The van der Waals surface area contributed by atoms with Gasteiger partial charge >= 0.3 is 5.97 Å². The number of carbonyl (C=O) groups excluding carboxylic acids is 3. The molecule has 9 nitrogen and oxygen atoms in total. The number of esters is 1. The molecule has 2 N–H and O–H groups in total. The third-order valence-electron chi connectivity index (χ3n) is 6.25. The zero-order valence-electron chi connectivity index (χ0n) is 20.5. The number of amides is 2. The predicted molar refractivity (Wildman–Crippen MR) is 138 cm³/mol. The molecule has 2 fully saturated rings. The highest BCUT2D eigenvalue weighted by Gasteiger charge is 2.33. The predicted octanol–water partition coefficient (Wildman–Crippen LogP) is 3.50. The number of aliphatic imine (C=N–C) groups is 1. The molecular formula is C27H30N4O5. The van der Waals surface area contributed by atoms with Crippen LogP contribution in [0.5, 0.6) is 5.75 Å². The molecule has 9 heteroatoms. The largest absolute Gasteiger partial charge is 0.497 e. The monoisotopic (exact) mass is 490 g/mol. The van der Waals surface area contributed by atoms with Crippen molar-refractivity contribution >= 4 is 40.6 Å². The average Bonchev–Trinajstić information content (AvgIpc) is 2.90. The highest BCUT2D eigenvalue weighted by Crippen LogP contribution is 2.29. The average molecular weight is 491 g/mol. The summed E-state index contributed by atoms with van der Waals surface area (Å²) in [4.78, 5) is 46.2. The third-order valence-corrected chi connectivity index (χ3v) is 6.25. The number of anilines is 2. The smallest absolute Gasteiger partial charge is 0.354 e. The summed E-state index contributed by atoms with van der Waals surface area (Å²) in [5.41, 5.74) is 8.47. The van der Waals surface area contributed by atoms with Crippen molar-refractivity contribution in [2.24, 2.45) is 10.7 Å². The normalized spacial score (nSPS) is 18.9. The van der Waals surface area contributed by atoms with Gasteiger partial charge in [-0.2, -0.15) is 0 Å². The first-order valence-electron chi connectivity index (χ1n) is 12.0. The number of rotatable bonds is 6. The van der Waals surface area contributed by atoms with Crippen LogP contribution in [0, 0.1) is 0 Å². The summed E-state index contributed by atoms with van der Waals surface area (Å²) >= 11 is 0. The first-order valence-corrected chi connectivity index (χ1v) is 12.0. The Morgan fingerprint density at radius 3 is 2.22 bits per heavy atom. The fourth-order valence-corrected chi connectivity index (χ4v) is 4.33. The lowest BCUT2D eigenvalue weighted by molar-refractivity contribution is -0.138. The molecule has 36 heavy (non-hydrogen) atoms. The lowest BCUT2D eigenvalue weighted by Gasteiger charge is -2.31. The van der Waals surface area contributed by atoms with E-state index < -0.39 is 5.97 Å². The van der Waals surface area contributed by atoms with Crippen molar-refractivity contribution in [2.45, 2.75) is 32.6 Å². The molecule has 2 aliphatic rings. The molecule has 4 rings (SSSR count). The molecule has 0 radical (unpaired) electrons. The van der Waals surface area contributed by atoms with Crippen molar-refractivity contribution in [2.75, 3.05) is 36.6 Å². The van der Waals surface area contributed by atoms with Gasteiger partial charge in [0.15, 0.2) is 0 Å². The van der Waals surface area contributed by atoms with E-state index in [4.69, 9.17) is 15.2 Å². The SMILES string of the molecule is CCOC(=O)C(N)=C1CCN(c2ccc(N3CCCCC3=O)cc2)C(=O)C1=Nc1ccc(OC)cc1. The zero-order valence-corrected chi connectivity index (χ0v) is 20.5. The van der Waals surface area contributed by atoms with Crippen molar-refractivity contribution < 1.29 is 23.9 Å². The van der Waals surface area contributed by atoms with Crippen LogP contribution in [-0.4, -0.2) is 50.3 Å². The Labute approximate surface area is 210 Å². The molecule has 0 aliphatic carbocycles. The van der Waals surface area contributed by atoms with Gasteiger partial charge in [-0.15, -0.1) is 0 Å². The molecule has 0 aromatic heterocycles. The quantitative estimate of drug-likeness (QED) is 0.490. The summed E-state index contributed by atoms with van der Waals surface area (Å²) in [6.07, 6.45) is 2.77. The second kappa shape index (κ2) is 11.1. The number of hydrogen-bond acceptors (Lipinski definition) is 7. The van der Waals surface area contributed by atoms with Crippen molar-refractivity contribution in [1.29, 1.82) is 0 Å². The van der Waals surface area contributed by atoms with Gasteiger partial charge in [0.1, 0.15) is 17.2 Å². The molecule has 2 aliphatic heterocycles. The first kappa shape index (κ1) is 25.0. The van der Waals surface area contributed by atoms with E-state index in [-0.39, 0.29) is 29.8 Å². The van der Waals surface area contributed by atoms with Crippen LogP contribution >= 0.6 is 0 Å². The van der Waals surface area contributed by atoms with E-state index in [2.05, 4.69) is 4.99 Å². The Morgan fingerprint density at radius 1 is 0.944 bits per heavy atom. The summed E-state index contributed by atoms with van der Waals surface area (Å²) < 4.78 is 10.3. The van der Waals surface area contributed by atoms with Crippen molar-refractivity contribution in [3.8, 4) is 5.75 Å². The van der Waals surface area contributed by atoms with Crippen molar-refractivity contribution in [3.05, 3.63) is 59.8 Å². The maximum atomic E-state index is 13.7. The number of carbonyl (C=O) groups is 3. The van der Waals surface area contributed by atoms with Crippen LogP contribution in [0.25, 0.3) is 0 Å². The highest BCUT2D eigenvalue weighted by atomic mass is 16.5. The fraction of sp³-hybridized carbons (Fsp3) is 0.333. The molecule has 2 saturated heterocycles. The van der Waals surface area contributed by atoms with E-state index >= 15 is 0 Å². The van der Waals surface area contributed by atoms with Gasteiger partial charge < -0.3 is 25.0 Å². The molecule has 188 valence electrons. The van der Waals surface area contributed by atoms with Crippen LogP contribution in [0.2, 0.25) is 0 Å². The molecule has 0 spiro atoms. The summed E-state index contributed by atoms with van der Waals surface area (Å²) in [5, 5.41) is 0. The number of nitrogens with two attached hydrogens (primary N) is 1. The minimum Gasteiger partial charge on any atom is -0.497 e. The second-order valence-electron chi connectivity index (χ2n) is 8.50. The third kappa shape index (κ3) is 5.25. The summed E-state index contributed by atoms with van der Waals surface area (Å²) in [5.74, 6) is -0.279. The lowest BCUT2D eigenvalue weighted by atomic mass is 9.97. The molecule has 0 atom stereocenters. The molecule has 2 heterocycles. The van der Waals surface area contributed by atoms with Gasteiger partial charge in [-0.05, 0) is 74.7 Å². The number of methoxy groups -OCH3 is 1. The number of benzene rings is 2. The Morgan fingerprint density at radius 2 is 1.61 bits per heavy atom. The highest BCUT2D eigenvalue weighted by molar-refractivity contribution is 6.51. The summed E-state index contributed by atoms with van der Waals surface area (Å²) in [6, 6.07) is 14.3. The van der Waals surface area contributed by atoms with Crippen LogP contribution in [-0.2, 0) is 19.1 Å². The molecule has 0 unspecified atom stereocenters.